The Balaban J connectivity index is 2.05. The summed E-state index contributed by atoms with van der Waals surface area (Å²) in [4.78, 5) is 24.5. The SMILES string of the molecule is CCCCCCCCOC(=O)CCCC(=O)Oc1ccc(SC)cc1. The lowest BCUT2D eigenvalue weighted by atomic mass is 10.1. The highest BCUT2D eigenvalue weighted by Crippen LogP contribution is 2.19. The van der Waals surface area contributed by atoms with Crippen molar-refractivity contribution in [1.29, 1.82) is 0 Å². The van der Waals surface area contributed by atoms with Crippen LogP contribution in [0.3, 0.4) is 0 Å². The van der Waals surface area contributed by atoms with Crippen LogP contribution in [0.1, 0.15) is 64.7 Å². The lowest BCUT2D eigenvalue weighted by Gasteiger charge is -2.06. The summed E-state index contributed by atoms with van der Waals surface area (Å²) < 4.78 is 10.4. The van der Waals surface area contributed by atoms with Crippen LogP contribution in [0.4, 0.5) is 0 Å². The molecule has 0 radical (unpaired) electrons. The van der Waals surface area contributed by atoms with E-state index in [9.17, 15) is 9.59 Å². The molecule has 0 N–H and O–H groups in total. The Labute approximate surface area is 155 Å². The molecule has 25 heavy (non-hydrogen) atoms. The molecule has 1 aromatic carbocycles. The van der Waals surface area contributed by atoms with Gasteiger partial charge in [-0.1, -0.05) is 39.0 Å². The number of thioether (sulfide) groups is 1. The van der Waals surface area contributed by atoms with E-state index in [-0.39, 0.29) is 24.8 Å². The molecule has 0 aliphatic heterocycles. The first kappa shape index (κ1) is 21.6. The Morgan fingerprint density at radius 1 is 0.880 bits per heavy atom. The van der Waals surface area contributed by atoms with Crippen LogP contribution < -0.4 is 4.74 Å². The standard InChI is InChI=1S/C20H30O4S/c1-3-4-5-6-7-8-16-23-19(21)10-9-11-20(22)24-17-12-14-18(25-2)15-13-17/h12-15H,3-11,16H2,1-2H3. The first-order valence-corrected chi connectivity index (χ1v) is 10.4. The second kappa shape index (κ2) is 13.8. The maximum absolute atomic E-state index is 11.8. The van der Waals surface area contributed by atoms with E-state index in [0.717, 1.165) is 17.7 Å². The molecule has 0 aromatic heterocycles. The quantitative estimate of drug-likeness (QED) is 0.203. The normalized spacial score (nSPS) is 10.5. The first-order valence-electron chi connectivity index (χ1n) is 9.16. The van der Waals surface area contributed by atoms with Gasteiger partial charge >= 0.3 is 11.9 Å². The van der Waals surface area contributed by atoms with Crippen molar-refractivity contribution in [2.45, 2.75) is 69.6 Å². The predicted molar refractivity (Wildman–Crippen MR) is 102 cm³/mol. The van der Waals surface area contributed by atoms with Crippen LogP contribution in [0.15, 0.2) is 29.2 Å². The van der Waals surface area contributed by atoms with E-state index < -0.39 is 0 Å². The Hall–Kier alpha value is -1.49. The lowest BCUT2D eigenvalue weighted by molar-refractivity contribution is -0.144. The molecule has 5 heteroatoms. The summed E-state index contributed by atoms with van der Waals surface area (Å²) >= 11 is 1.63. The monoisotopic (exact) mass is 366 g/mol. The third kappa shape index (κ3) is 10.9. The van der Waals surface area contributed by atoms with Gasteiger partial charge in [0.1, 0.15) is 5.75 Å². The smallest absolute Gasteiger partial charge is 0.311 e. The number of carbonyl (C=O) groups is 2. The average Bonchev–Trinajstić information content (AvgIpc) is 2.61. The van der Waals surface area contributed by atoms with Crippen LogP contribution in [-0.4, -0.2) is 24.8 Å². The summed E-state index contributed by atoms with van der Waals surface area (Å²) in [5.41, 5.74) is 0. The van der Waals surface area contributed by atoms with E-state index in [1.54, 1.807) is 23.9 Å². The molecule has 140 valence electrons. The topological polar surface area (TPSA) is 52.6 Å². The molecule has 0 fully saturated rings. The van der Waals surface area contributed by atoms with Crippen molar-refractivity contribution in [2.75, 3.05) is 12.9 Å². The zero-order chi connectivity index (χ0) is 18.3. The van der Waals surface area contributed by atoms with Gasteiger partial charge in [-0.15, -0.1) is 11.8 Å². The van der Waals surface area contributed by atoms with Gasteiger partial charge in [-0.2, -0.15) is 0 Å². The fraction of sp³-hybridized carbons (Fsp3) is 0.600. The summed E-state index contributed by atoms with van der Waals surface area (Å²) in [5, 5.41) is 0. The molecule has 0 unspecified atom stereocenters. The molecule has 4 nitrogen and oxygen atoms in total. The van der Waals surface area contributed by atoms with Crippen molar-refractivity contribution in [3.63, 3.8) is 0 Å². The number of hydrogen-bond donors (Lipinski definition) is 0. The van der Waals surface area contributed by atoms with Crippen molar-refractivity contribution < 1.29 is 19.1 Å². The Morgan fingerprint density at radius 3 is 2.20 bits per heavy atom. The minimum Gasteiger partial charge on any atom is -0.466 e. The molecule has 0 spiro atoms. The molecule has 0 atom stereocenters. The number of rotatable bonds is 13. The summed E-state index contributed by atoms with van der Waals surface area (Å²) in [7, 11) is 0. The second-order valence-corrected chi connectivity index (χ2v) is 6.87. The highest BCUT2D eigenvalue weighted by Gasteiger charge is 2.08. The van der Waals surface area contributed by atoms with Gasteiger partial charge in [0.2, 0.25) is 0 Å². The molecule has 1 rings (SSSR count). The van der Waals surface area contributed by atoms with Crippen molar-refractivity contribution >= 4 is 23.7 Å². The molecule has 0 heterocycles. The van der Waals surface area contributed by atoms with Gasteiger partial charge in [0.05, 0.1) is 6.61 Å². The summed E-state index contributed by atoms with van der Waals surface area (Å²) in [5.74, 6) is -0.0141. The zero-order valence-electron chi connectivity index (χ0n) is 15.4. The molecule has 1 aromatic rings. The third-order valence-electron chi connectivity index (χ3n) is 3.81. The van der Waals surface area contributed by atoms with E-state index in [2.05, 4.69) is 6.92 Å². The van der Waals surface area contributed by atoms with E-state index in [1.807, 2.05) is 18.4 Å². The van der Waals surface area contributed by atoms with Crippen LogP contribution in [-0.2, 0) is 14.3 Å². The summed E-state index contributed by atoms with van der Waals surface area (Å²) in [6.45, 7) is 2.68. The van der Waals surface area contributed by atoms with Crippen molar-refractivity contribution in [1.82, 2.24) is 0 Å². The maximum atomic E-state index is 11.8. The molecular formula is C20H30O4S. The highest BCUT2D eigenvalue weighted by molar-refractivity contribution is 7.98. The minimum atomic E-state index is -0.319. The van der Waals surface area contributed by atoms with Gasteiger partial charge in [-0.3, -0.25) is 9.59 Å². The number of unbranched alkanes of at least 4 members (excludes halogenated alkanes) is 5. The molecule has 0 aliphatic carbocycles. The molecule has 0 saturated carbocycles. The largest absolute Gasteiger partial charge is 0.466 e. The number of carbonyl (C=O) groups excluding carboxylic acids is 2. The molecular weight excluding hydrogens is 336 g/mol. The van der Waals surface area contributed by atoms with E-state index in [4.69, 9.17) is 9.47 Å². The van der Waals surface area contributed by atoms with Gasteiger partial charge < -0.3 is 9.47 Å². The third-order valence-corrected chi connectivity index (χ3v) is 4.56. The van der Waals surface area contributed by atoms with Gasteiger partial charge in [0.15, 0.2) is 0 Å². The van der Waals surface area contributed by atoms with Gasteiger partial charge in [-0.25, -0.2) is 0 Å². The number of esters is 2. The number of ether oxygens (including phenoxy) is 2. The van der Waals surface area contributed by atoms with Gasteiger partial charge in [0, 0.05) is 17.7 Å². The van der Waals surface area contributed by atoms with Gasteiger partial charge in [-0.05, 0) is 43.4 Å². The van der Waals surface area contributed by atoms with E-state index in [1.165, 1.54) is 25.7 Å². The molecule has 0 aliphatic rings. The Kier molecular flexibility index (Phi) is 11.9. The molecule has 0 saturated heterocycles. The second-order valence-electron chi connectivity index (χ2n) is 5.99. The average molecular weight is 367 g/mol. The minimum absolute atomic E-state index is 0.219. The Morgan fingerprint density at radius 2 is 1.52 bits per heavy atom. The molecule has 0 amide bonds. The summed E-state index contributed by atoms with van der Waals surface area (Å²) in [6.07, 6.45) is 9.93. The van der Waals surface area contributed by atoms with Crippen LogP contribution >= 0.6 is 11.8 Å². The van der Waals surface area contributed by atoms with Crippen LogP contribution in [0.25, 0.3) is 0 Å². The number of benzene rings is 1. The van der Waals surface area contributed by atoms with Crippen LogP contribution in [0, 0.1) is 0 Å². The maximum Gasteiger partial charge on any atom is 0.311 e. The fourth-order valence-electron chi connectivity index (χ4n) is 2.34. The van der Waals surface area contributed by atoms with Gasteiger partial charge in [0.25, 0.3) is 0 Å². The predicted octanol–water partition coefficient (Wildman–Crippen LogP) is 5.39. The Bertz CT molecular complexity index is 499. The van der Waals surface area contributed by atoms with Crippen LogP contribution in [0.2, 0.25) is 0 Å². The zero-order valence-corrected chi connectivity index (χ0v) is 16.2. The van der Waals surface area contributed by atoms with Crippen LogP contribution in [0.5, 0.6) is 5.75 Å². The van der Waals surface area contributed by atoms with E-state index >= 15 is 0 Å². The number of hydrogen-bond acceptors (Lipinski definition) is 5. The fourth-order valence-corrected chi connectivity index (χ4v) is 2.75. The van der Waals surface area contributed by atoms with Crippen molar-refractivity contribution in [2.24, 2.45) is 0 Å². The summed E-state index contributed by atoms with van der Waals surface area (Å²) in [6, 6.07) is 7.37. The highest BCUT2D eigenvalue weighted by atomic mass is 32.2. The van der Waals surface area contributed by atoms with Crippen molar-refractivity contribution in [3.8, 4) is 5.75 Å². The lowest BCUT2D eigenvalue weighted by Crippen LogP contribution is -2.10. The first-order chi connectivity index (χ1) is 12.2. The van der Waals surface area contributed by atoms with Crippen molar-refractivity contribution in [3.05, 3.63) is 24.3 Å². The van der Waals surface area contributed by atoms with E-state index in [0.29, 0.717) is 18.8 Å². The molecule has 0 bridgehead atoms.